The molecule has 0 unspecified atom stereocenters. The van der Waals surface area contributed by atoms with Crippen molar-refractivity contribution >= 4 is 50.6 Å². The molecule has 120 valence electrons. The maximum absolute atomic E-state index is 12.3. The van der Waals surface area contributed by atoms with E-state index in [9.17, 15) is 4.79 Å². The first-order valence-electron chi connectivity index (χ1n) is 6.90. The Bertz CT molecular complexity index is 862. The van der Waals surface area contributed by atoms with Crippen LogP contribution in [0.3, 0.4) is 0 Å². The molecule has 2 aromatic heterocycles. The average molecular weight is 371 g/mol. The molecule has 3 rings (SSSR count). The number of ether oxygens (including phenoxy) is 1. The van der Waals surface area contributed by atoms with Gasteiger partial charge in [0.2, 0.25) is 0 Å². The second-order valence-electron chi connectivity index (χ2n) is 4.78. The van der Waals surface area contributed by atoms with Gasteiger partial charge in [-0.15, -0.1) is 16.4 Å². The highest BCUT2D eigenvalue weighted by Gasteiger charge is 2.19. The molecule has 23 heavy (non-hydrogen) atoms. The van der Waals surface area contributed by atoms with Crippen molar-refractivity contribution in [3.05, 3.63) is 38.9 Å². The molecule has 6 nitrogen and oxygen atoms in total. The van der Waals surface area contributed by atoms with Crippen molar-refractivity contribution in [2.45, 2.75) is 26.5 Å². The maximum atomic E-state index is 12.3. The van der Waals surface area contributed by atoms with Gasteiger partial charge >= 0.3 is 5.97 Å². The molecule has 9 heteroatoms. The summed E-state index contributed by atoms with van der Waals surface area (Å²) in [6.07, 6.45) is 0.884. The van der Waals surface area contributed by atoms with Crippen molar-refractivity contribution in [2.75, 3.05) is 0 Å². The van der Waals surface area contributed by atoms with Gasteiger partial charge in [0.1, 0.15) is 4.88 Å². The van der Waals surface area contributed by atoms with Crippen molar-refractivity contribution in [3.63, 3.8) is 0 Å². The number of tetrazole rings is 1. The van der Waals surface area contributed by atoms with Crippen LogP contribution in [0.25, 0.3) is 10.1 Å². The molecule has 0 radical (unpaired) electrons. The molecule has 0 saturated heterocycles. The molecule has 0 aliphatic heterocycles. The number of halogens is 2. The Hall–Kier alpha value is -1.70. The van der Waals surface area contributed by atoms with Gasteiger partial charge in [-0.1, -0.05) is 36.2 Å². The average Bonchev–Trinajstić information content (AvgIpc) is 3.10. The van der Waals surface area contributed by atoms with Crippen molar-refractivity contribution < 1.29 is 9.53 Å². The molecule has 0 bridgehead atoms. The lowest BCUT2D eigenvalue weighted by Crippen LogP contribution is -2.10. The van der Waals surface area contributed by atoms with E-state index in [4.69, 9.17) is 27.9 Å². The maximum Gasteiger partial charge on any atom is 0.350 e. The second kappa shape index (κ2) is 6.82. The molecule has 0 saturated carbocycles. The smallest absolute Gasteiger partial charge is 0.350 e. The minimum Gasteiger partial charge on any atom is -0.453 e. The summed E-state index contributed by atoms with van der Waals surface area (Å²) in [5, 5.41) is 13.0. The molecule has 1 aromatic carbocycles. The first kappa shape index (κ1) is 16.2. The van der Waals surface area contributed by atoms with Crippen LogP contribution in [-0.4, -0.2) is 26.2 Å². The summed E-state index contributed by atoms with van der Waals surface area (Å²) < 4.78 is 7.74. The molecule has 0 aliphatic carbocycles. The van der Waals surface area contributed by atoms with Gasteiger partial charge in [-0.3, -0.25) is 0 Å². The quantitative estimate of drug-likeness (QED) is 0.635. The Morgan fingerprint density at radius 2 is 2.22 bits per heavy atom. The van der Waals surface area contributed by atoms with E-state index in [1.165, 1.54) is 11.3 Å². The van der Waals surface area contributed by atoms with Crippen LogP contribution in [0.1, 0.15) is 28.8 Å². The van der Waals surface area contributed by atoms with E-state index in [1.54, 1.807) is 22.9 Å². The summed E-state index contributed by atoms with van der Waals surface area (Å²) in [6, 6.07) is 5.29. The fourth-order valence-corrected chi connectivity index (χ4v) is 3.76. The number of aromatic nitrogens is 4. The molecule has 0 amide bonds. The van der Waals surface area contributed by atoms with Crippen molar-refractivity contribution in [1.29, 1.82) is 0 Å². The zero-order valence-electron chi connectivity index (χ0n) is 12.1. The Kier molecular flexibility index (Phi) is 4.79. The van der Waals surface area contributed by atoms with Crippen LogP contribution in [0.4, 0.5) is 0 Å². The van der Waals surface area contributed by atoms with Crippen molar-refractivity contribution in [3.8, 4) is 0 Å². The Morgan fingerprint density at radius 3 is 3.00 bits per heavy atom. The standard InChI is InChI=1S/C14H12Cl2N4O2S/c1-2-5-20-11(17-18-19-20)7-22-14(21)13-12(16)9-4-3-8(15)6-10(9)23-13/h3-4,6H,2,5,7H2,1H3. The highest BCUT2D eigenvalue weighted by Crippen LogP contribution is 2.37. The molecular formula is C14H12Cl2N4O2S. The van der Waals surface area contributed by atoms with Crippen molar-refractivity contribution in [2.24, 2.45) is 0 Å². The summed E-state index contributed by atoms with van der Waals surface area (Å²) in [5.41, 5.74) is 0. The monoisotopic (exact) mass is 370 g/mol. The fourth-order valence-electron chi connectivity index (χ4n) is 2.08. The van der Waals surface area contributed by atoms with Gasteiger partial charge in [0.05, 0.1) is 5.02 Å². The number of hydrogen-bond acceptors (Lipinski definition) is 6. The van der Waals surface area contributed by atoms with E-state index in [0.29, 0.717) is 27.3 Å². The summed E-state index contributed by atoms with van der Waals surface area (Å²) >= 11 is 13.5. The molecular weight excluding hydrogens is 359 g/mol. The van der Waals surface area contributed by atoms with Gasteiger partial charge in [-0.25, -0.2) is 9.48 Å². The van der Waals surface area contributed by atoms with Crippen molar-refractivity contribution in [1.82, 2.24) is 20.2 Å². The summed E-state index contributed by atoms with van der Waals surface area (Å²) in [5.74, 6) is -0.00107. The number of esters is 1. The predicted molar refractivity (Wildman–Crippen MR) is 89.1 cm³/mol. The number of nitrogens with zero attached hydrogens (tertiary/aromatic N) is 4. The molecule has 0 fully saturated rings. The topological polar surface area (TPSA) is 69.9 Å². The third-order valence-corrected chi connectivity index (χ3v) is 5.02. The molecule has 2 heterocycles. The molecule has 3 aromatic rings. The van der Waals surface area contributed by atoms with Gasteiger partial charge in [0, 0.05) is 21.7 Å². The van der Waals surface area contributed by atoms with E-state index >= 15 is 0 Å². The lowest BCUT2D eigenvalue weighted by atomic mass is 10.2. The van der Waals surface area contributed by atoms with Crippen LogP contribution in [-0.2, 0) is 17.9 Å². The van der Waals surface area contributed by atoms with Crippen LogP contribution >= 0.6 is 34.5 Å². The Labute approximate surface area is 146 Å². The number of carbonyl (C=O) groups is 1. The first-order chi connectivity index (χ1) is 11.1. The van der Waals surface area contributed by atoms with E-state index < -0.39 is 5.97 Å². The number of carbonyl (C=O) groups excluding carboxylic acids is 1. The minimum atomic E-state index is -0.502. The van der Waals surface area contributed by atoms with Crippen LogP contribution in [0.5, 0.6) is 0 Å². The molecule has 0 aliphatic rings. The van der Waals surface area contributed by atoms with E-state index in [-0.39, 0.29) is 6.61 Å². The third kappa shape index (κ3) is 3.31. The predicted octanol–water partition coefficient (Wildman–Crippen LogP) is 3.96. The normalized spacial score (nSPS) is 11.1. The van der Waals surface area contributed by atoms with Crippen LogP contribution < -0.4 is 0 Å². The van der Waals surface area contributed by atoms with Crippen LogP contribution in [0.15, 0.2) is 18.2 Å². The highest BCUT2D eigenvalue weighted by atomic mass is 35.5. The molecule has 0 atom stereocenters. The number of benzene rings is 1. The summed E-state index contributed by atoms with van der Waals surface area (Å²) in [6.45, 7) is 2.68. The number of hydrogen-bond donors (Lipinski definition) is 0. The van der Waals surface area contributed by atoms with Gasteiger partial charge in [-0.05, 0) is 29.0 Å². The van der Waals surface area contributed by atoms with Gasteiger partial charge in [-0.2, -0.15) is 0 Å². The summed E-state index contributed by atoms with van der Waals surface area (Å²) in [4.78, 5) is 12.6. The largest absolute Gasteiger partial charge is 0.453 e. The third-order valence-electron chi connectivity index (χ3n) is 3.15. The van der Waals surface area contributed by atoms with E-state index in [0.717, 1.165) is 16.5 Å². The zero-order chi connectivity index (χ0) is 16.4. The second-order valence-corrected chi connectivity index (χ2v) is 6.65. The number of thiophene rings is 1. The zero-order valence-corrected chi connectivity index (χ0v) is 14.5. The fraction of sp³-hybridized carbons (Fsp3) is 0.286. The van der Waals surface area contributed by atoms with Gasteiger partial charge in [0.15, 0.2) is 12.4 Å². The SMILES string of the molecule is CCCn1nnnc1COC(=O)c1sc2cc(Cl)ccc2c1Cl. The molecule has 0 N–H and O–H groups in total. The lowest BCUT2D eigenvalue weighted by molar-refractivity contribution is 0.0462. The number of aryl methyl sites for hydroxylation is 1. The summed E-state index contributed by atoms with van der Waals surface area (Å²) in [7, 11) is 0. The minimum absolute atomic E-state index is 0.00281. The van der Waals surface area contributed by atoms with Crippen LogP contribution in [0, 0.1) is 0 Å². The highest BCUT2D eigenvalue weighted by molar-refractivity contribution is 7.21. The number of fused-ring (bicyclic) bond motifs is 1. The molecule has 0 spiro atoms. The first-order valence-corrected chi connectivity index (χ1v) is 8.47. The van der Waals surface area contributed by atoms with Gasteiger partial charge < -0.3 is 4.74 Å². The Balaban J connectivity index is 1.78. The van der Waals surface area contributed by atoms with E-state index in [2.05, 4.69) is 15.5 Å². The Morgan fingerprint density at radius 1 is 1.39 bits per heavy atom. The van der Waals surface area contributed by atoms with Gasteiger partial charge in [0.25, 0.3) is 0 Å². The van der Waals surface area contributed by atoms with Crippen LogP contribution in [0.2, 0.25) is 10.0 Å². The number of rotatable bonds is 5. The lowest BCUT2D eigenvalue weighted by Gasteiger charge is -2.04. The van der Waals surface area contributed by atoms with E-state index in [1.807, 2.05) is 6.92 Å².